The summed E-state index contributed by atoms with van der Waals surface area (Å²) in [5.74, 6) is 0. The van der Waals surface area contributed by atoms with E-state index >= 15 is 0 Å². The van der Waals surface area contributed by atoms with Crippen LogP contribution in [0.25, 0.3) is 0 Å². The lowest BCUT2D eigenvalue weighted by Gasteiger charge is -2.42. The normalized spacial score (nSPS) is 14.3. The second-order valence-corrected chi connectivity index (χ2v) is 22.6. The highest BCUT2D eigenvalue weighted by Gasteiger charge is 2.41. The van der Waals surface area contributed by atoms with E-state index in [1.165, 1.54) is 0 Å². The van der Waals surface area contributed by atoms with Gasteiger partial charge in [-0.1, -0.05) is 0 Å². The third-order valence-electron chi connectivity index (χ3n) is 11.7. The standard InChI is InChI=1S/C48H95N5O16/c1-40(2,16-24-50-36(54)55)62-28-20-43(7,8)66-32-48(33-67-44(9,10)21-29-63-41(3,4)17-25-51-37(56)57,34-68-45(11,12)22-30-64-42(5,6)18-26-52-38(58)59)35-69-46(13,14)23-31-65-47(15,49)19-27-53-39(60)61/h50-53H,16-35,49H2,1-15H3,(H,54,55)(H,56,57)(H,58,59)(H,60,61). The number of amides is 4. The van der Waals surface area contributed by atoms with E-state index in [4.69, 9.17) is 64.1 Å². The van der Waals surface area contributed by atoms with Crippen LogP contribution in [0.4, 0.5) is 19.2 Å². The molecule has 21 nitrogen and oxygen atoms in total. The summed E-state index contributed by atoms with van der Waals surface area (Å²) in [4.78, 5) is 44.0. The summed E-state index contributed by atoms with van der Waals surface area (Å²) in [6, 6.07) is 0. The van der Waals surface area contributed by atoms with Crippen LogP contribution in [0.5, 0.6) is 0 Å². The second-order valence-electron chi connectivity index (χ2n) is 22.6. The quantitative estimate of drug-likeness (QED) is 0.0270. The average Bonchev–Trinajstić information content (AvgIpc) is 3.15. The van der Waals surface area contributed by atoms with Gasteiger partial charge in [-0.05, 0) is 149 Å². The van der Waals surface area contributed by atoms with E-state index < -0.39 is 74.7 Å². The van der Waals surface area contributed by atoms with E-state index in [1.807, 2.05) is 96.9 Å². The molecular weight excluding hydrogens is 903 g/mol. The molecule has 0 radical (unpaired) electrons. The summed E-state index contributed by atoms with van der Waals surface area (Å²) in [5.41, 5.74) is -0.313. The van der Waals surface area contributed by atoms with Gasteiger partial charge in [-0.2, -0.15) is 0 Å². The lowest BCUT2D eigenvalue weighted by molar-refractivity contribution is -0.197. The van der Waals surface area contributed by atoms with Crippen molar-refractivity contribution >= 4 is 24.4 Å². The Labute approximate surface area is 412 Å². The first-order valence-corrected chi connectivity index (χ1v) is 24.1. The molecule has 69 heavy (non-hydrogen) atoms. The lowest BCUT2D eigenvalue weighted by atomic mass is 9.89. The van der Waals surface area contributed by atoms with E-state index in [2.05, 4.69) is 21.3 Å². The van der Waals surface area contributed by atoms with Crippen LogP contribution in [0, 0.1) is 5.41 Å². The fraction of sp³-hybridized carbons (Fsp3) is 0.917. The van der Waals surface area contributed by atoms with E-state index in [0.717, 1.165) is 0 Å². The summed E-state index contributed by atoms with van der Waals surface area (Å²) in [6.07, 6.45) is -0.778. The number of carboxylic acid groups (broad SMARTS) is 4. The van der Waals surface area contributed by atoms with Gasteiger partial charge in [0.1, 0.15) is 5.72 Å². The van der Waals surface area contributed by atoms with Gasteiger partial charge < -0.3 is 85.3 Å². The topological polar surface area (TPSA) is 297 Å². The lowest BCUT2D eigenvalue weighted by Crippen LogP contribution is -2.49. The highest BCUT2D eigenvalue weighted by molar-refractivity contribution is 5.65. The van der Waals surface area contributed by atoms with Crippen LogP contribution in [-0.4, -0.2) is 169 Å². The molecule has 408 valence electrons. The van der Waals surface area contributed by atoms with Gasteiger partial charge in [0, 0.05) is 32.6 Å². The molecule has 1 atom stereocenters. The largest absolute Gasteiger partial charge is 0.465 e. The Morgan fingerprint density at radius 3 is 0.768 bits per heavy atom. The fourth-order valence-electron chi connectivity index (χ4n) is 6.30. The van der Waals surface area contributed by atoms with Crippen molar-refractivity contribution in [1.29, 1.82) is 0 Å². The third kappa shape index (κ3) is 35.5. The Kier molecular flexibility index (Phi) is 27.9. The first kappa shape index (κ1) is 65.7. The van der Waals surface area contributed by atoms with Gasteiger partial charge in [0.05, 0.1) is 97.5 Å². The van der Waals surface area contributed by atoms with Crippen molar-refractivity contribution in [2.24, 2.45) is 11.1 Å². The zero-order chi connectivity index (χ0) is 53.4. The van der Waals surface area contributed by atoms with Crippen LogP contribution >= 0.6 is 0 Å². The molecule has 0 saturated heterocycles. The molecule has 0 aliphatic carbocycles. The minimum atomic E-state index is -1.14. The molecule has 0 spiro atoms. The van der Waals surface area contributed by atoms with Gasteiger partial charge in [-0.15, -0.1) is 0 Å². The molecule has 0 saturated carbocycles. The molecule has 0 rings (SSSR count). The highest BCUT2D eigenvalue weighted by Crippen LogP contribution is 2.33. The third-order valence-corrected chi connectivity index (χ3v) is 11.7. The zero-order valence-corrected chi connectivity index (χ0v) is 44.9. The van der Waals surface area contributed by atoms with Crippen LogP contribution in [0.3, 0.4) is 0 Å². The molecular formula is C48H95N5O16. The minimum Gasteiger partial charge on any atom is -0.465 e. The summed E-state index contributed by atoms with van der Waals surface area (Å²) < 4.78 is 51.9. The van der Waals surface area contributed by atoms with Crippen molar-refractivity contribution in [3.05, 3.63) is 0 Å². The van der Waals surface area contributed by atoms with Crippen molar-refractivity contribution in [2.75, 3.05) is 79.0 Å². The zero-order valence-electron chi connectivity index (χ0n) is 44.9. The van der Waals surface area contributed by atoms with E-state index in [1.54, 1.807) is 6.92 Å². The predicted molar refractivity (Wildman–Crippen MR) is 262 cm³/mol. The maximum absolute atomic E-state index is 11.0. The van der Waals surface area contributed by atoms with Crippen molar-refractivity contribution in [3.8, 4) is 0 Å². The number of ether oxygens (including phenoxy) is 8. The van der Waals surface area contributed by atoms with Gasteiger partial charge >= 0.3 is 24.4 Å². The number of rotatable bonds is 40. The van der Waals surface area contributed by atoms with E-state index in [0.29, 0.717) is 64.8 Å². The van der Waals surface area contributed by atoms with Crippen molar-refractivity contribution in [1.82, 2.24) is 21.3 Å². The Morgan fingerprint density at radius 1 is 0.333 bits per heavy atom. The predicted octanol–water partition coefficient (Wildman–Crippen LogP) is 7.42. The van der Waals surface area contributed by atoms with Gasteiger partial charge in [0.2, 0.25) is 0 Å². The number of hydrogen-bond acceptors (Lipinski definition) is 13. The molecule has 0 fully saturated rings. The van der Waals surface area contributed by atoms with Crippen molar-refractivity contribution in [2.45, 2.75) is 200 Å². The number of hydrogen-bond donors (Lipinski definition) is 9. The monoisotopic (exact) mass is 998 g/mol. The summed E-state index contributed by atoms with van der Waals surface area (Å²) in [7, 11) is 0. The smallest absolute Gasteiger partial charge is 0.404 e. The van der Waals surface area contributed by atoms with Gasteiger partial charge in [0.25, 0.3) is 0 Å². The molecule has 0 aromatic rings. The summed E-state index contributed by atoms with van der Waals surface area (Å²) >= 11 is 0. The Hall–Kier alpha value is -3.28. The molecule has 1 unspecified atom stereocenters. The molecule has 0 aromatic heterocycles. The molecule has 0 aromatic carbocycles. The number of nitrogens with one attached hydrogen (secondary N) is 4. The number of carbonyl (C=O) groups is 4. The fourth-order valence-corrected chi connectivity index (χ4v) is 6.30. The van der Waals surface area contributed by atoms with Crippen molar-refractivity contribution < 1.29 is 77.5 Å². The maximum Gasteiger partial charge on any atom is 0.404 e. The van der Waals surface area contributed by atoms with Crippen LogP contribution in [0.2, 0.25) is 0 Å². The highest BCUT2D eigenvalue weighted by atomic mass is 16.6. The summed E-state index contributed by atoms with van der Waals surface area (Å²) in [6.45, 7) is 31.6. The second kappa shape index (κ2) is 29.3. The molecule has 0 bridgehead atoms. The maximum atomic E-state index is 11.0. The Morgan fingerprint density at radius 2 is 0.536 bits per heavy atom. The van der Waals surface area contributed by atoms with E-state index in [-0.39, 0.29) is 65.6 Å². The van der Waals surface area contributed by atoms with Gasteiger partial charge in [0.15, 0.2) is 0 Å². The molecule has 0 heterocycles. The molecule has 10 N–H and O–H groups in total. The van der Waals surface area contributed by atoms with Crippen molar-refractivity contribution in [3.63, 3.8) is 0 Å². The van der Waals surface area contributed by atoms with Crippen LogP contribution in [0.1, 0.15) is 155 Å². The molecule has 0 aliphatic heterocycles. The SMILES string of the molecule is CC(C)(CCNC(=O)O)OCCC(C)(C)OCC(COC(C)(C)CCOC(C)(C)CCNC(=O)O)(COC(C)(C)CCOC(C)(C)CCNC(=O)O)COC(C)(C)CCOC(C)(N)CCNC(=O)O. The number of nitrogens with two attached hydrogens (primary N) is 1. The van der Waals surface area contributed by atoms with Crippen LogP contribution in [-0.2, 0) is 37.9 Å². The molecule has 4 amide bonds. The first-order valence-electron chi connectivity index (χ1n) is 24.1. The molecule has 21 heteroatoms. The minimum absolute atomic E-state index is 0.129. The van der Waals surface area contributed by atoms with Crippen LogP contribution < -0.4 is 27.0 Å². The first-order chi connectivity index (χ1) is 31.3. The van der Waals surface area contributed by atoms with Gasteiger partial charge in [-0.3, -0.25) is 0 Å². The van der Waals surface area contributed by atoms with Gasteiger partial charge in [-0.25, -0.2) is 19.2 Å². The Bertz CT molecular complexity index is 1300. The average molecular weight is 998 g/mol. The molecule has 0 aliphatic rings. The Balaban J connectivity index is 6.66. The van der Waals surface area contributed by atoms with E-state index in [9.17, 15) is 19.2 Å². The summed E-state index contributed by atoms with van der Waals surface area (Å²) in [5, 5.41) is 45.5. The van der Waals surface area contributed by atoms with Crippen LogP contribution in [0.15, 0.2) is 0 Å².